The molecule has 0 aromatic carbocycles. The first-order valence-electron chi connectivity index (χ1n) is 6.47. The third-order valence-electron chi connectivity index (χ3n) is 2.94. The molecule has 7 heteroatoms. The van der Waals surface area contributed by atoms with E-state index in [2.05, 4.69) is 0 Å². The minimum Gasteiger partial charge on any atom is -0.444 e. The smallest absolute Gasteiger partial charge is 0.410 e. The van der Waals surface area contributed by atoms with E-state index >= 15 is 0 Å². The summed E-state index contributed by atoms with van der Waals surface area (Å²) in [4.78, 5) is 13.4. The molecule has 0 radical (unpaired) electrons. The van der Waals surface area contributed by atoms with Crippen LogP contribution in [-0.2, 0) is 15.0 Å². The molecule has 1 atom stereocenters. The summed E-state index contributed by atoms with van der Waals surface area (Å²) in [5, 5.41) is 0. The maximum atomic E-state index is 12.5. The lowest BCUT2D eigenvalue weighted by Crippen LogP contribution is -2.43. The van der Waals surface area contributed by atoms with Crippen LogP contribution >= 0.6 is 0 Å². The van der Waals surface area contributed by atoms with E-state index in [-0.39, 0.29) is 18.4 Å². The Morgan fingerprint density at radius 2 is 2.05 bits per heavy atom. The fourth-order valence-electron chi connectivity index (χ4n) is 2.10. The summed E-state index contributed by atoms with van der Waals surface area (Å²) in [7, 11) is -4.42. The maximum Gasteiger partial charge on any atom is 0.410 e. The Morgan fingerprint density at radius 1 is 1.42 bits per heavy atom. The highest BCUT2D eigenvalue weighted by atomic mass is 32.3. The predicted octanol–water partition coefficient (Wildman–Crippen LogP) is 2.32. The van der Waals surface area contributed by atoms with E-state index in [1.165, 1.54) is 0 Å². The highest BCUT2D eigenvalue weighted by Crippen LogP contribution is 2.22. The third-order valence-corrected chi connectivity index (χ3v) is 3.66. The fourth-order valence-corrected chi connectivity index (χ4v) is 2.72. The molecule has 0 spiro atoms. The van der Waals surface area contributed by atoms with Gasteiger partial charge in [0.1, 0.15) is 5.60 Å². The first kappa shape index (κ1) is 16.2. The van der Waals surface area contributed by atoms with Crippen LogP contribution in [0.3, 0.4) is 0 Å². The van der Waals surface area contributed by atoms with Crippen molar-refractivity contribution in [1.29, 1.82) is 0 Å². The van der Waals surface area contributed by atoms with Gasteiger partial charge in [-0.15, -0.1) is 3.89 Å². The van der Waals surface area contributed by atoms with Gasteiger partial charge in [-0.2, -0.15) is 8.42 Å². The van der Waals surface area contributed by atoms with Crippen LogP contribution in [0.1, 0.15) is 40.0 Å². The van der Waals surface area contributed by atoms with Gasteiger partial charge in [0.25, 0.3) is 0 Å². The standard InChI is InChI=1S/C12H22FNO4S/c1-12(2,3)18-11(15)14-7-4-5-10(9-14)6-8-19(13,16)17/h10H,4-9H2,1-3H3. The number of nitrogens with zero attached hydrogens (tertiary/aromatic N) is 1. The molecule has 0 aromatic heterocycles. The Bertz CT molecular complexity index is 416. The monoisotopic (exact) mass is 295 g/mol. The van der Waals surface area contributed by atoms with Crippen LogP contribution < -0.4 is 0 Å². The van der Waals surface area contributed by atoms with Gasteiger partial charge in [0.05, 0.1) is 5.75 Å². The van der Waals surface area contributed by atoms with Crippen molar-refractivity contribution in [2.45, 2.75) is 45.6 Å². The van der Waals surface area contributed by atoms with Crippen LogP contribution in [0.25, 0.3) is 0 Å². The third kappa shape index (κ3) is 6.75. The van der Waals surface area contributed by atoms with Gasteiger partial charge in [0, 0.05) is 13.1 Å². The molecule has 0 aromatic rings. The number of likely N-dealkylation sites (tertiary alicyclic amines) is 1. The van der Waals surface area contributed by atoms with Crippen LogP contribution in [0.2, 0.25) is 0 Å². The van der Waals surface area contributed by atoms with Gasteiger partial charge in [-0.25, -0.2) is 4.79 Å². The predicted molar refractivity (Wildman–Crippen MR) is 70.0 cm³/mol. The van der Waals surface area contributed by atoms with Crippen molar-refractivity contribution < 1.29 is 21.8 Å². The zero-order valence-electron chi connectivity index (χ0n) is 11.7. The Kier molecular flexibility index (Phi) is 5.18. The van der Waals surface area contributed by atoms with Crippen LogP contribution in [0.5, 0.6) is 0 Å². The molecule has 19 heavy (non-hydrogen) atoms. The highest BCUT2D eigenvalue weighted by molar-refractivity contribution is 7.86. The lowest BCUT2D eigenvalue weighted by atomic mass is 9.96. The van der Waals surface area contributed by atoms with Crippen molar-refractivity contribution in [2.24, 2.45) is 5.92 Å². The van der Waals surface area contributed by atoms with E-state index in [1.54, 1.807) is 25.7 Å². The van der Waals surface area contributed by atoms with E-state index in [9.17, 15) is 17.1 Å². The summed E-state index contributed by atoms with van der Waals surface area (Å²) in [6.07, 6.45) is 1.46. The second kappa shape index (κ2) is 6.07. The fraction of sp³-hybridized carbons (Fsp3) is 0.917. The van der Waals surface area contributed by atoms with Gasteiger partial charge in [-0.3, -0.25) is 0 Å². The van der Waals surface area contributed by atoms with Gasteiger partial charge < -0.3 is 9.64 Å². The molecule has 0 aliphatic carbocycles. The molecule has 1 saturated heterocycles. The molecule has 1 aliphatic rings. The maximum absolute atomic E-state index is 12.5. The summed E-state index contributed by atoms with van der Waals surface area (Å²) in [5.41, 5.74) is -0.549. The van der Waals surface area contributed by atoms with Crippen LogP contribution in [0.15, 0.2) is 0 Å². The Balaban J connectivity index is 2.48. The molecule has 1 unspecified atom stereocenters. The number of hydrogen-bond acceptors (Lipinski definition) is 4. The molecule has 0 saturated carbocycles. The quantitative estimate of drug-likeness (QED) is 0.750. The number of carbonyl (C=O) groups excluding carboxylic acids is 1. The molecule has 1 rings (SSSR count). The zero-order chi connectivity index (χ0) is 14.7. The first-order chi connectivity index (χ1) is 8.57. The van der Waals surface area contributed by atoms with Crippen molar-refractivity contribution >= 4 is 16.3 Å². The van der Waals surface area contributed by atoms with Crippen molar-refractivity contribution in [3.63, 3.8) is 0 Å². The van der Waals surface area contributed by atoms with E-state index in [4.69, 9.17) is 4.74 Å². The van der Waals surface area contributed by atoms with Gasteiger partial charge in [0.15, 0.2) is 0 Å². The van der Waals surface area contributed by atoms with E-state index in [0.29, 0.717) is 13.1 Å². The highest BCUT2D eigenvalue weighted by Gasteiger charge is 2.28. The first-order valence-corrected chi connectivity index (χ1v) is 8.02. The summed E-state index contributed by atoms with van der Waals surface area (Å²) >= 11 is 0. The average molecular weight is 295 g/mol. The number of halogens is 1. The minimum atomic E-state index is -4.42. The van der Waals surface area contributed by atoms with Crippen LogP contribution in [0, 0.1) is 5.92 Å². The zero-order valence-corrected chi connectivity index (χ0v) is 12.5. The lowest BCUT2D eigenvalue weighted by Gasteiger charge is -2.34. The molecule has 5 nitrogen and oxygen atoms in total. The van der Waals surface area contributed by atoms with E-state index < -0.39 is 21.6 Å². The summed E-state index contributed by atoms with van der Waals surface area (Å²) < 4.78 is 38.8. The van der Waals surface area contributed by atoms with Gasteiger partial charge in [0.2, 0.25) is 0 Å². The second-order valence-electron chi connectivity index (χ2n) is 5.97. The Labute approximate surface area is 114 Å². The largest absolute Gasteiger partial charge is 0.444 e. The number of amides is 1. The molecule has 1 aliphatic heterocycles. The van der Waals surface area contributed by atoms with E-state index in [1.807, 2.05) is 0 Å². The number of ether oxygens (including phenoxy) is 1. The normalized spacial score (nSPS) is 21.3. The molecule has 0 bridgehead atoms. The summed E-state index contributed by atoms with van der Waals surface area (Å²) in [5.74, 6) is -0.452. The molecule has 112 valence electrons. The van der Waals surface area contributed by atoms with Gasteiger partial charge >= 0.3 is 16.3 Å². The van der Waals surface area contributed by atoms with Crippen molar-refractivity contribution in [2.75, 3.05) is 18.8 Å². The van der Waals surface area contributed by atoms with Gasteiger partial charge in [-0.05, 0) is 46.0 Å². The molecule has 1 fully saturated rings. The summed E-state index contributed by atoms with van der Waals surface area (Å²) in [6, 6.07) is 0. The SMILES string of the molecule is CC(C)(C)OC(=O)N1CCCC(CCS(=O)(=O)F)C1. The Hall–Kier alpha value is -0.850. The molecular weight excluding hydrogens is 273 g/mol. The van der Waals surface area contributed by atoms with Crippen molar-refractivity contribution in [3.05, 3.63) is 0 Å². The number of rotatable bonds is 3. The second-order valence-corrected chi connectivity index (χ2v) is 7.45. The topological polar surface area (TPSA) is 63.7 Å². The number of piperidine rings is 1. The van der Waals surface area contributed by atoms with Crippen LogP contribution in [0.4, 0.5) is 8.68 Å². The molecule has 1 heterocycles. The van der Waals surface area contributed by atoms with Crippen LogP contribution in [-0.4, -0.2) is 43.9 Å². The van der Waals surface area contributed by atoms with Gasteiger partial charge in [-0.1, -0.05) is 0 Å². The summed E-state index contributed by atoms with van der Waals surface area (Å²) in [6.45, 7) is 6.42. The minimum absolute atomic E-state index is 0.0202. The van der Waals surface area contributed by atoms with E-state index in [0.717, 1.165) is 12.8 Å². The number of hydrogen-bond donors (Lipinski definition) is 0. The number of carbonyl (C=O) groups is 1. The Morgan fingerprint density at radius 3 is 2.58 bits per heavy atom. The van der Waals surface area contributed by atoms with Crippen molar-refractivity contribution in [1.82, 2.24) is 4.90 Å². The molecular formula is C12H22FNO4S. The average Bonchev–Trinajstić information content (AvgIpc) is 2.23. The van der Waals surface area contributed by atoms with Crippen molar-refractivity contribution in [3.8, 4) is 0 Å². The molecule has 1 amide bonds. The molecule has 0 N–H and O–H groups in total. The lowest BCUT2D eigenvalue weighted by molar-refractivity contribution is 0.0165.